The number of nitrogens with zero attached hydrogens (tertiary/aromatic N) is 1. The Kier molecular flexibility index (Phi) is 7.59. The maximum Gasteiger partial charge on any atom is 0.410 e. The van der Waals surface area contributed by atoms with Gasteiger partial charge in [-0.05, 0) is 68.0 Å². The van der Waals surface area contributed by atoms with Crippen molar-refractivity contribution in [2.24, 2.45) is 5.92 Å². The lowest BCUT2D eigenvalue weighted by atomic mass is 9.98. The molecule has 1 aliphatic rings. The predicted octanol–water partition coefficient (Wildman–Crippen LogP) is 4.78. The number of amides is 1. The molecular formula is C24H31NO5S. The second-order valence-electron chi connectivity index (χ2n) is 8.13. The van der Waals surface area contributed by atoms with Crippen LogP contribution >= 0.6 is 0 Å². The van der Waals surface area contributed by atoms with E-state index in [4.69, 9.17) is 9.47 Å². The van der Waals surface area contributed by atoms with Crippen LogP contribution in [0.3, 0.4) is 0 Å². The molecule has 31 heavy (non-hydrogen) atoms. The number of hydrogen-bond acceptors (Lipinski definition) is 5. The Morgan fingerprint density at radius 3 is 2.06 bits per heavy atom. The molecule has 0 unspecified atom stereocenters. The SMILES string of the molecule is CCS(=O)(=O)c1ccc(-c2ccc(OCC3CCN(C(=O)OC(C)C)CC3)cc2)cc1. The van der Waals surface area contributed by atoms with E-state index in [9.17, 15) is 13.2 Å². The fourth-order valence-electron chi connectivity index (χ4n) is 3.54. The van der Waals surface area contributed by atoms with Crippen LogP contribution in [-0.4, -0.2) is 51.0 Å². The number of hydrogen-bond donors (Lipinski definition) is 0. The molecule has 0 saturated carbocycles. The number of sulfone groups is 1. The summed E-state index contributed by atoms with van der Waals surface area (Å²) in [6, 6.07) is 14.8. The Bertz CT molecular complexity index is 960. The molecule has 6 nitrogen and oxygen atoms in total. The minimum Gasteiger partial charge on any atom is -0.493 e. The van der Waals surface area contributed by atoms with E-state index in [-0.39, 0.29) is 18.0 Å². The van der Waals surface area contributed by atoms with Crippen LogP contribution in [0.2, 0.25) is 0 Å². The molecule has 0 N–H and O–H groups in total. The summed E-state index contributed by atoms with van der Waals surface area (Å²) < 4.78 is 35.1. The van der Waals surface area contributed by atoms with Crippen LogP contribution < -0.4 is 4.74 Å². The highest BCUT2D eigenvalue weighted by atomic mass is 32.2. The Hall–Kier alpha value is -2.54. The van der Waals surface area contributed by atoms with Crippen molar-refractivity contribution in [2.75, 3.05) is 25.4 Å². The Morgan fingerprint density at radius 2 is 1.55 bits per heavy atom. The topological polar surface area (TPSA) is 72.9 Å². The van der Waals surface area contributed by atoms with Crippen molar-refractivity contribution in [1.82, 2.24) is 4.90 Å². The zero-order valence-corrected chi connectivity index (χ0v) is 19.2. The van der Waals surface area contributed by atoms with E-state index < -0.39 is 9.84 Å². The second-order valence-corrected chi connectivity index (χ2v) is 10.4. The molecule has 2 aromatic carbocycles. The quantitative estimate of drug-likeness (QED) is 0.613. The van der Waals surface area contributed by atoms with E-state index in [0.29, 0.717) is 30.5 Å². The highest BCUT2D eigenvalue weighted by molar-refractivity contribution is 7.91. The lowest BCUT2D eigenvalue weighted by Gasteiger charge is -2.31. The van der Waals surface area contributed by atoms with Crippen LogP contribution in [0.15, 0.2) is 53.4 Å². The molecule has 0 atom stereocenters. The number of rotatable bonds is 7. The van der Waals surface area contributed by atoms with Crippen molar-refractivity contribution >= 4 is 15.9 Å². The molecule has 1 saturated heterocycles. The summed E-state index contributed by atoms with van der Waals surface area (Å²) in [5.74, 6) is 1.31. The number of benzene rings is 2. The van der Waals surface area contributed by atoms with Gasteiger partial charge in [0.2, 0.25) is 0 Å². The number of ether oxygens (including phenoxy) is 2. The third kappa shape index (κ3) is 6.23. The maximum atomic E-state index is 12.0. The van der Waals surface area contributed by atoms with Gasteiger partial charge in [-0.15, -0.1) is 0 Å². The summed E-state index contributed by atoms with van der Waals surface area (Å²) in [6.07, 6.45) is 1.47. The lowest BCUT2D eigenvalue weighted by Crippen LogP contribution is -2.40. The minimum atomic E-state index is -3.18. The molecule has 1 fully saturated rings. The van der Waals surface area contributed by atoms with Crippen molar-refractivity contribution in [3.63, 3.8) is 0 Å². The highest BCUT2D eigenvalue weighted by Crippen LogP contribution is 2.25. The molecule has 0 aromatic heterocycles. The van der Waals surface area contributed by atoms with E-state index in [2.05, 4.69) is 0 Å². The minimum absolute atomic E-state index is 0.0967. The summed E-state index contributed by atoms with van der Waals surface area (Å²) in [4.78, 5) is 14.1. The average molecular weight is 446 g/mol. The van der Waals surface area contributed by atoms with Gasteiger partial charge in [-0.3, -0.25) is 0 Å². The van der Waals surface area contributed by atoms with E-state index in [1.54, 1.807) is 24.0 Å². The molecule has 2 aromatic rings. The smallest absolute Gasteiger partial charge is 0.410 e. The van der Waals surface area contributed by atoms with Gasteiger partial charge < -0.3 is 14.4 Å². The van der Waals surface area contributed by atoms with Gasteiger partial charge in [0.05, 0.1) is 23.4 Å². The third-order valence-corrected chi connectivity index (χ3v) is 7.23. The van der Waals surface area contributed by atoms with Gasteiger partial charge in [0.1, 0.15) is 5.75 Å². The molecule has 7 heteroatoms. The van der Waals surface area contributed by atoms with Crippen LogP contribution in [0, 0.1) is 5.92 Å². The molecule has 0 radical (unpaired) electrons. The van der Waals surface area contributed by atoms with Crippen molar-refractivity contribution in [1.29, 1.82) is 0 Å². The average Bonchev–Trinajstić information content (AvgIpc) is 2.78. The molecule has 168 valence electrons. The number of carbonyl (C=O) groups excluding carboxylic acids is 1. The van der Waals surface area contributed by atoms with Crippen LogP contribution in [0.5, 0.6) is 5.75 Å². The molecule has 1 aliphatic heterocycles. The summed E-state index contributed by atoms with van der Waals surface area (Å²) in [5, 5.41) is 0. The van der Waals surface area contributed by atoms with E-state index >= 15 is 0 Å². The van der Waals surface area contributed by atoms with Gasteiger partial charge in [-0.25, -0.2) is 13.2 Å². The largest absolute Gasteiger partial charge is 0.493 e. The Morgan fingerprint density at radius 1 is 1.00 bits per heavy atom. The van der Waals surface area contributed by atoms with E-state index in [1.165, 1.54) is 0 Å². The third-order valence-electron chi connectivity index (χ3n) is 5.48. The molecule has 0 aliphatic carbocycles. The first-order valence-electron chi connectivity index (χ1n) is 10.8. The first kappa shape index (κ1) is 23.1. The van der Waals surface area contributed by atoms with E-state index in [0.717, 1.165) is 29.7 Å². The van der Waals surface area contributed by atoms with Gasteiger partial charge in [0, 0.05) is 13.1 Å². The van der Waals surface area contributed by atoms with Crippen molar-refractivity contribution in [2.45, 2.75) is 44.6 Å². The van der Waals surface area contributed by atoms with Crippen molar-refractivity contribution in [3.05, 3.63) is 48.5 Å². The molecule has 1 amide bonds. The summed E-state index contributed by atoms with van der Waals surface area (Å²) in [7, 11) is -3.18. The zero-order chi connectivity index (χ0) is 22.4. The molecule has 0 spiro atoms. The zero-order valence-electron chi connectivity index (χ0n) is 18.4. The maximum absolute atomic E-state index is 12.0. The molecule has 3 rings (SSSR count). The first-order chi connectivity index (χ1) is 14.8. The van der Waals surface area contributed by atoms with Crippen LogP contribution in [-0.2, 0) is 14.6 Å². The molecule has 1 heterocycles. The van der Waals surface area contributed by atoms with Crippen LogP contribution in [0.1, 0.15) is 33.6 Å². The fraction of sp³-hybridized carbons (Fsp3) is 0.458. The standard InChI is InChI=1S/C24H31NO5S/c1-4-31(27,28)23-11-7-21(8-12-23)20-5-9-22(10-6-20)29-17-19-13-15-25(16-14-19)24(26)30-18(2)3/h5-12,18-19H,4,13-17H2,1-3H3. The highest BCUT2D eigenvalue weighted by Gasteiger charge is 2.24. The number of likely N-dealkylation sites (tertiary alicyclic amines) is 1. The van der Waals surface area contributed by atoms with Crippen LogP contribution in [0.4, 0.5) is 4.79 Å². The summed E-state index contributed by atoms with van der Waals surface area (Å²) in [6.45, 7) is 7.37. The monoisotopic (exact) mass is 445 g/mol. The second kappa shape index (κ2) is 10.2. The van der Waals surface area contributed by atoms with Crippen molar-refractivity contribution in [3.8, 4) is 16.9 Å². The normalized spacial score (nSPS) is 15.2. The van der Waals surface area contributed by atoms with Gasteiger partial charge in [0.25, 0.3) is 0 Å². The van der Waals surface area contributed by atoms with Gasteiger partial charge in [0.15, 0.2) is 9.84 Å². The van der Waals surface area contributed by atoms with Gasteiger partial charge in [-0.2, -0.15) is 0 Å². The van der Waals surface area contributed by atoms with Crippen molar-refractivity contribution < 1.29 is 22.7 Å². The Balaban J connectivity index is 1.50. The molecular weight excluding hydrogens is 414 g/mol. The predicted molar refractivity (Wildman–Crippen MR) is 121 cm³/mol. The van der Waals surface area contributed by atoms with E-state index in [1.807, 2.05) is 50.2 Å². The Labute approximate surface area is 185 Å². The first-order valence-corrected chi connectivity index (χ1v) is 12.5. The lowest BCUT2D eigenvalue weighted by molar-refractivity contribution is 0.0608. The number of carbonyl (C=O) groups is 1. The summed E-state index contributed by atoms with van der Waals surface area (Å²) in [5.41, 5.74) is 1.96. The molecule has 0 bridgehead atoms. The van der Waals surface area contributed by atoms with Gasteiger partial charge >= 0.3 is 6.09 Å². The fourth-order valence-corrected chi connectivity index (χ4v) is 4.42. The van der Waals surface area contributed by atoms with Crippen LogP contribution in [0.25, 0.3) is 11.1 Å². The van der Waals surface area contributed by atoms with Gasteiger partial charge in [-0.1, -0.05) is 31.2 Å². The number of piperidine rings is 1. The summed E-state index contributed by atoms with van der Waals surface area (Å²) >= 11 is 0.